The molecule has 2 aromatic heterocycles. The first kappa shape index (κ1) is 27.0. The van der Waals surface area contributed by atoms with Gasteiger partial charge in [-0.2, -0.15) is 0 Å². The van der Waals surface area contributed by atoms with Crippen LogP contribution in [0.4, 0.5) is 5.69 Å². The van der Waals surface area contributed by atoms with Gasteiger partial charge in [0.25, 0.3) is 0 Å². The van der Waals surface area contributed by atoms with Crippen molar-refractivity contribution in [3.8, 4) is 11.5 Å². The Bertz CT molecular complexity index is 1590. The Morgan fingerprint density at radius 2 is 1.88 bits per heavy atom. The van der Waals surface area contributed by atoms with Crippen molar-refractivity contribution in [3.05, 3.63) is 83.7 Å². The molecule has 0 amide bonds. The number of hydrogen-bond donors (Lipinski definition) is 2. The molecular formula is C35H40N4O3. The highest BCUT2D eigenvalue weighted by Crippen LogP contribution is 2.54. The number of pyridine rings is 1. The van der Waals surface area contributed by atoms with Gasteiger partial charge in [0, 0.05) is 48.5 Å². The Morgan fingerprint density at radius 1 is 1.07 bits per heavy atom. The molecule has 1 spiro atoms. The highest BCUT2D eigenvalue weighted by molar-refractivity contribution is 5.92. The summed E-state index contributed by atoms with van der Waals surface area (Å²) in [6.45, 7) is 7.81. The van der Waals surface area contributed by atoms with E-state index in [1.165, 1.54) is 50.6 Å². The molecule has 1 aliphatic carbocycles. The molecule has 2 saturated heterocycles. The van der Waals surface area contributed by atoms with Crippen LogP contribution in [0.25, 0.3) is 11.0 Å². The van der Waals surface area contributed by atoms with E-state index in [1.54, 1.807) is 17.8 Å². The third-order valence-corrected chi connectivity index (χ3v) is 10.1. The monoisotopic (exact) mass is 564 g/mol. The molecule has 3 aliphatic rings. The lowest BCUT2D eigenvalue weighted by atomic mass is 9.59. The number of nitrogens with zero attached hydrogens (tertiary/aromatic N) is 3. The normalized spacial score (nSPS) is 20.8. The van der Waals surface area contributed by atoms with Gasteiger partial charge < -0.3 is 19.7 Å². The maximum Gasteiger partial charge on any atom is 0.339 e. The molecule has 7 nitrogen and oxygen atoms in total. The number of benzene rings is 2. The van der Waals surface area contributed by atoms with Gasteiger partial charge in [-0.1, -0.05) is 38.1 Å². The Kier molecular flexibility index (Phi) is 6.93. The van der Waals surface area contributed by atoms with Crippen LogP contribution in [0.3, 0.4) is 0 Å². The summed E-state index contributed by atoms with van der Waals surface area (Å²) in [5.41, 5.74) is 5.44. The maximum absolute atomic E-state index is 12.0. The maximum atomic E-state index is 12.0. The first-order valence-corrected chi connectivity index (χ1v) is 15.5. The molecule has 3 fully saturated rings. The Morgan fingerprint density at radius 3 is 2.67 bits per heavy atom. The number of carboxylic acids is 1. The van der Waals surface area contributed by atoms with Crippen molar-refractivity contribution < 1.29 is 14.6 Å². The van der Waals surface area contributed by atoms with Crippen molar-refractivity contribution in [2.24, 2.45) is 5.41 Å². The number of likely N-dealkylation sites (tertiary alicyclic amines) is 1. The molecule has 1 unspecified atom stereocenters. The Labute approximate surface area is 247 Å². The summed E-state index contributed by atoms with van der Waals surface area (Å²) < 4.78 is 6.10. The fourth-order valence-corrected chi connectivity index (χ4v) is 7.79. The van der Waals surface area contributed by atoms with Crippen LogP contribution in [0.15, 0.2) is 67.0 Å². The molecule has 218 valence electrons. The van der Waals surface area contributed by atoms with Crippen LogP contribution in [0, 0.1) is 5.41 Å². The molecule has 4 aromatic rings. The molecule has 2 N–H and O–H groups in total. The summed E-state index contributed by atoms with van der Waals surface area (Å²) >= 11 is 0. The lowest BCUT2D eigenvalue weighted by Crippen LogP contribution is -2.54. The van der Waals surface area contributed by atoms with E-state index in [0.717, 1.165) is 29.8 Å². The largest absolute Gasteiger partial charge is 0.478 e. The van der Waals surface area contributed by atoms with Crippen LogP contribution < -0.4 is 9.64 Å². The summed E-state index contributed by atoms with van der Waals surface area (Å²) in [6.07, 6.45) is 11.0. The zero-order chi connectivity index (χ0) is 28.8. The van der Waals surface area contributed by atoms with E-state index < -0.39 is 5.97 Å². The number of anilines is 1. The van der Waals surface area contributed by atoms with Crippen molar-refractivity contribution in [2.45, 2.75) is 70.4 Å². The van der Waals surface area contributed by atoms with Gasteiger partial charge >= 0.3 is 5.97 Å². The van der Waals surface area contributed by atoms with E-state index in [-0.39, 0.29) is 5.56 Å². The number of fused-ring (bicyclic) bond motifs is 1. The molecule has 42 heavy (non-hydrogen) atoms. The summed E-state index contributed by atoms with van der Waals surface area (Å²) in [5, 5.41) is 10.7. The number of aromatic nitrogens is 2. The molecule has 2 aromatic carbocycles. The van der Waals surface area contributed by atoms with Gasteiger partial charge in [0.15, 0.2) is 0 Å². The van der Waals surface area contributed by atoms with Gasteiger partial charge in [-0.25, -0.2) is 9.78 Å². The van der Waals surface area contributed by atoms with Crippen molar-refractivity contribution in [3.63, 3.8) is 0 Å². The molecule has 0 radical (unpaired) electrons. The first-order chi connectivity index (χ1) is 20.4. The second kappa shape index (κ2) is 10.8. The minimum absolute atomic E-state index is 0.155. The number of carbonyl (C=O) groups is 1. The first-order valence-electron chi connectivity index (χ1n) is 15.5. The number of aromatic carboxylic acids is 1. The second-order valence-electron chi connectivity index (χ2n) is 12.9. The zero-order valence-corrected chi connectivity index (χ0v) is 24.6. The fourth-order valence-electron chi connectivity index (χ4n) is 7.79. The fraction of sp³-hybridized carbons (Fsp3) is 0.429. The van der Waals surface area contributed by atoms with Gasteiger partial charge in [-0.3, -0.25) is 4.90 Å². The topological polar surface area (TPSA) is 81.7 Å². The van der Waals surface area contributed by atoms with E-state index in [0.29, 0.717) is 34.9 Å². The second-order valence-corrected chi connectivity index (χ2v) is 12.9. The summed E-state index contributed by atoms with van der Waals surface area (Å²) in [5.74, 6) is 0.427. The minimum Gasteiger partial charge on any atom is -0.478 e. The third-order valence-electron chi connectivity index (χ3n) is 10.1. The van der Waals surface area contributed by atoms with Crippen molar-refractivity contribution in [1.29, 1.82) is 0 Å². The molecule has 4 heterocycles. The van der Waals surface area contributed by atoms with Crippen molar-refractivity contribution in [1.82, 2.24) is 14.9 Å². The van der Waals surface area contributed by atoms with Crippen molar-refractivity contribution >= 4 is 22.7 Å². The summed E-state index contributed by atoms with van der Waals surface area (Å²) in [6, 6.07) is 19.6. The van der Waals surface area contributed by atoms with Crippen molar-refractivity contribution in [2.75, 3.05) is 24.5 Å². The lowest BCUT2D eigenvalue weighted by Gasteiger charge is -2.56. The Balaban J connectivity index is 1.02. The zero-order valence-electron chi connectivity index (χ0n) is 24.6. The number of piperidine rings is 1. The number of H-pyrrole nitrogens is 1. The van der Waals surface area contributed by atoms with E-state index in [4.69, 9.17) is 4.74 Å². The highest BCUT2D eigenvalue weighted by atomic mass is 16.5. The van der Waals surface area contributed by atoms with E-state index in [1.807, 2.05) is 30.5 Å². The average molecular weight is 565 g/mol. The molecule has 7 heteroatoms. The van der Waals surface area contributed by atoms with Crippen LogP contribution in [-0.2, 0) is 0 Å². The van der Waals surface area contributed by atoms with E-state index in [2.05, 4.69) is 57.9 Å². The molecule has 7 rings (SSSR count). The predicted molar refractivity (Wildman–Crippen MR) is 166 cm³/mol. The molecular weight excluding hydrogens is 524 g/mol. The van der Waals surface area contributed by atoms with E-state index in [9.17, 15) is 9.90 Å². The van der Waals surface area contributed by atoms with Gasteiger partial charge in [-0.15, -0.1) is 0 Å². The standard InChI is InChI=1S/C35H40N4O3/c1-23(2)28-6-3-4-7-29(28)31-8-5-15-39(31)26-20-35(21-26)12-16-38(17-13-35)25-9-10-30(34(40)41)32(19-25)42-27-18-24-11-14-36-33(24)37-22-27/h3-4,6-7,9-11,14,18-19,22-23,26,31H,5,8,12-13,15-17,20-21H2,1-2H3,(H,36,37)(H,40,41). The minimum atomic E-state index is -0.999. The van der Waals surface area contributed by atoms with Gasteiger partial charge in [-0.05, 0) is 91.8 Å². The van der Waals surface area contributed by atoms with Gasteiger partial charge in [0.2, 0.25) is 0 Å². The average Bonchev–Trinajstić information content (AvgIpc) is 3.65. The SMILES string of the molecule is CC(C)c1ccccc1C1CCCN1C1CC2(CCN(c3ccc(C(=O)O)c(Oc4cnc5[nH]ccc5c4)c3)CC2)C1. The van der Waals surface area contributed by atoms with Gasteiger partial charge in [0.1, 0.15) is 22.7 Å². The third kappa shape index (κ3) is 4.94. The highest BCUT2D eigenvalue weighted by Gasteiger charge is 2.50. The quantitative estimate of drug-likeness (QED) is 0.239. The Hall–Kier alpha value is -3.84. The number of rotatable bonds is 7. The molecule has 2 aliphatic heterocycles. The number of ether oxygens (including phenoxy) is 1. The van der Waals surface area contributed by atoms with Crippen LogP contribution in [0.2, 0.25) is 0 Å². The predicted octanol–water partition coefficient (Wildman–Crippen LogP) is 7.76. The molecule has 1 saturated carbocycles. The lowest BCUT2D eigenvalue weighted by molar-refractivity contribution is -0.0227. The van der Waals surface area contributed by atoms with E-state index >= 15 is 0 Å². The smallest absolute Gasteiger partial charge is 0.339 e. The van der Waals surface area contributed by atoms with Crippen LogP contribution in [0.5, 0.6) is 11.5 Å². The van der Waals surface area contributed by atoms with Crippen LogP contribution >= 0.6 is 0 Å². The molecule has 1 atom stereocenters. The molecule has 0 bridgehead atoms. The van der Waals surface area contributed by atoms with Crippen LogP contribution in [0.1, 0.15) is 85.8 Å². The number of carboxylic acid groups (broad SMARTS) is 1. The number of aromatic amines is 1. The summed E-state index contributed by atoms with van der Waals surface area (Å²) in [7, 11) is 0. The van der Waals surface area contributed by atoms with Gasteiger partial charge in [0.05, 0.1) is 6.20 Å². The number of nitrogens with one attached hydrogen (secondary N) is 1. The van der Waals surface area contributed by atoms with Crippen LogP contribution in [-0.4, -0.2) is 51.6 Å². The summed E-state index contributed by atoms with van der Waals surface area (Å²) in [4.78, 5) is 24.7. The number of hydrogen-bond acceptors (Lipinski definition) is 5.